The molecule has 0 spiro atoms. The summed E-state index contributed by atoms with van der Waals surface area (Å²) in [6.07, 6.45) is 0. The molecule has 1 heterocycles. The van der Waals surface area contributed by atoms with E-state index in [1.54, 1.807) is 7.11 Å². The molecule has 1 aliphatic heterocycles. The second-order valence-corrected chi connectivity index (χ2v) is 6.35. The molecule has 2 aliphatic carbocycles. The molecule has 0 aromatic heterocycles. The summed E-state index contributed by atoms with van der Waals surface area (Å²) in [4.78, 5) is 24.4. The van der Waals surface area contributed by atoms with Crippen molar-refractivity contribution in [2.24, 2.45) is 11.8 Å². The maximum absolute atomic E-state index is 12.3. The number of ether oxygens (including phenoxy) is 2. The molecule has 2 aromatic rings. The Kier molecular flexibility index (Phi) is 2.31. The zero-order valence-corrected chi connectivity index (χ0v) is 12.5. The lowest BCUT2D eigenvalue weighted by atomic mass is 9.47. The van der Waals surface area contributed by atoms with Gasteiger partial charge in [0.15, 0.2) is 0 Å². The molecule has 2 aromatic carbocycles. The standard InChI is InChI=1S/C19H14O4/c1-22-19-13-9-5-4-7-11(13)10-6-2-3-8-12(10)15(19)14-16(19)18(21)23-17(14)20/h2-9,14-16H,1H3/t14-,15-,16-,19-/m1/s1. The van der Waals surface area contributed by atoms with Crippen molar-refractivity contribution in [2.75, 3.05) is 7.11 Å². The van der Waals surface area contributed by atoms with Crippen molar-refractivity contribution < 1.29 is 19.1 Å². The average molecular weight is 306 g/mol. The van der Waals surface area contributed by atoms with Crippen molar-refractivity contribution in [3.63, 3.8) is 0 Å². The molecule has 0 radical (unpaired) electrons. The Balaban J connectivity index is 1.86. The molecule has 0 unspecified atom stereocenters. The van der Waals surface area contributed by atoms with Crippen LogP contribution < -0.4 is 0 Å². The first-order chi connectivity index (χ1) is 11.2. The third-order valence-electron chi connectivity index (χ3n) is 5.64. The Hall–Kier alpha value is -2.46. The summed E-state index contributed by atoms with van der Waals surface area (Å²) < 4.78 is 10.9. The zero-order valence-electron chi connectivity index (χ0n) is 12.5. The van der Waals surface area contributed by atoms with Gasteiger partial charge in [-0.25, -0.2) is 0 Å². The lowest BCUT2D eigenvalue weighted by Gasteiger charge is -2.57. The molecule has 0 amide bonds. The fraction of sp³-hybridized carbons (Fsp3) is 0.263. The third-order valence-corrected chi connectivity index (χ3v) is 5.64. The molecular formula is C19H14O4. The summed E-state index contributed by atoms with van der Waals surface area (Å²) in [5, 5.41) is 0. The van der Waals surface area contributed by atoms with E-state index < -0.39 is 29.4 Å². The molecule has 114 valence electrons. The van der Waals surface area contributed by atoms with E-state index in [0.29, 0.717) is 0 Å². The fourth-order valence-electron chi connectivity index (χ4n) is 4.82. The third kappa shape index (κ3) is 1.28. The van der Waals surface area contributed by atoms with Crippen LogP contribution in [-0.2, 0) is 24.7 Å². The number of carbonyl (C=O) groups is 2. The molecule has 2 fully saturated rings. The molecule has 4 nitrogen and oxygen atoms in total. The van der Waals surface area contributed by atoms with Gasteiger partial charge in [-0.15, -0.1) is 0 Å². The second kappa shape index (κ2) is 4.09. The Bertz CT molecular complexity index is 871. The van der Waals surface area contributed by atoms with E-state index >= 15 is 0 Å². The first kappa shape index (κ1) is 13.0. The van der Waals surface area contributed by atoms with Gasteiger partial charge in [0.05, 0.1) is 5.92 Å². The van der Waals surface area contributed by atoms with Crippen LogP contribution >= 0.6 is 0 Å². The number of rotatable bonds is 1. The van der Waals surface area contributed by atoms with Gasteiger partial charge in [-0.2, -0.15) is 0 Å². The van der Waals surface area contributed by atoms with Crippen LogP contribution in [0, 0.1) is 11.8 Å². The highest BCUT2D eigenvalue weighted by Gasteiger charge is 2.75. The topological polar surface area (TPSA) is 52.6 Å². The summed E-state index contributed by atoms with van der Waals surface area (Å²) >= 11 is 0. The lowest BCUT2D eigenvalue weighted by molar-refractivity contribution is -0.188. The molecule has 0 bridgehead atoms. The average Bonchev–Trinajstić information content (AvgIpc) is 2.80. The van der Waals surface area contributed by atoms with Gasteiger partial charge in [0.1, 0.15) is 11.5 Å². The van der Waals surface area contributed by atoms with Crippen molar-refractivity contribution in [1.82, 2.24) is 0 Å². The Morgan fingerprint density at radius 3 is 2.39 bits per heavy atom. The van der Waals surface area contributed by atoms with E-state index in [0.717, 1.165) is 22.3 Å². The van der Waals surface area contributed by atoms with E-state index in [2.05, 4.69) is 6.07 Å². The second-order valence-electron chi connectivity index (χ2n) is 6.35. The minimum absolute atomic E-state index is 0.178. The number of fused-ring (bicyclic) bond motifs is 9. The predicted octanol–water partition coefficient (Wildman–Crippen LogP) is 2.62. The van der Waals surface area contributed by atoms with Gasteiger partial charge in [0.2, 0.25) is 0 Å². The van der Waals surface area contributed by atoms with Crippen molar-refractivity contribution in [3.05, 3.63) is 59.7 Å². The number of benzene rings is 2. The maximum atomic E-state index is 12.3. The summed E-state index contributed by atoms with van der Waals surface area (Å²) in [6.45, 7) is 0. The fourth-order valence-corrected chi connectivity index (χ4v) is 4.82. The zero-order chi connectivity index (χ0) is 15.8. The van der Waals surface area contributed by atoms with Crippen LogP contribution in [-0.4, -0.2) is 19.0 Å². The number of carbonyl (C=O) groups excluding carboxylic acids is 2. The first-order valence-electron chi connectivity index (χ1n) is 7.69. The van der Waals surface area contributed by atoms with E-state index in [1.165, 1.54) is 0 Å². The van der Waals surface area contributed by atoms with Crippen LogP contribution in [0.25, 0.3) is 11.1 Å². The van der Waals surface area contributed by atoms with Crippen molar-refractivity contribution >= 4 is 11.9 Å². The highest BCUT2D eigenvalue weighted by molar-refractivity contribution is 6.02. The Morgan fingerprint density at radius 1 is 0.913 bits per heavy atom. The van der Waals surface area contributed by atoms with Gasteiger partial charge < -0.3 is 9.47 Å². The van der Waals surface area contributed by atoms with E-state index in [-0.39, 0.29) is 5.92 Å². The SMILES string of the molecule is CO[C@]12c3ccccc3-c3ccccc3[C@@H]1[C@H]1C(=O)OC(=O)[C@@H]12. The van der Waals surface area contributed by atoms with Gasteiger partial charge >= 0.3 is 11.9 Å². The van der Waals surface area contributed by atoms with Crippen LogP contribution in [0.1, 0.15) is 17.0 Å². The summed E-state index contributed by atoms with van der Waals surface area (Å²) in [7, 11) is 1.62. The van der Waals surface area contributed by atoms with Gasteiger partial charge in [-0.3, -0.25) is 9.59 Å². The van der Waals surface area contributed by atoms with Crippen LogP contribution in [0.15, 0.2) is 48.5 Å². The summed E-state index contributed by atoms with van der Waals surface area (Å²) in [5.41, 5.74) is 3.39. The largest absolute Gasteiger partial charge is 0.393 e. The van der Waals surface area contributed by atoms with E-state index in [9.17, 15) is 9.59 Å². The molecule has 1 saturated heterocycles. The lowest BCUT2D eigenvalue weighted by Crippen LogP contribution is -2.62. The van der Waals surface area contributed by atoms with Crippen molar-refractivity contribution in [2.45, 2.75) is 11.5 Å². The molecule has 1 saturated carbocycles. The van der Waals surface area contributed by atoms with Crippen LogP contribution in [0.2, 0.25) is 0 Å². The van der Waals surface area contributed by atoms with Crippen LogP contribution in [0.5, 0.6) is 0 Å². The molecule has 5 rings (SSSR count). The van der Waals surface area contributed by atoms with Crippen LogP contribution in [0.4, 0.5) is 0 Å². The highest BCUT2D eigenvalue weighted by atomic mass is 16.6. The molecule has 4 heteroatoms. The molecular weight excluding hydrogens is 292 g/mol. The first-order valence-corrected chi connectivity index (χ1v) is 7.69. The van der Waals surface area contributed by atoms with Crippen molar-refractivity contribution in [3.8, 4) is 11.1 Å². The maximum Gasteiger partial charge on any atom is 0.320 e. The van der Waals surface area contributed by atoms with E-state index in [4.69, 9.17) is 9.47 Å². The highest BCUT2D eigenvalue weighted by Crippen LogP contribution is 2.69. The number of esters is 2. The quantitative estimate of drug-likeness (QED) is 0.600. The normalized spacial score (nSPS) is 33.0. The number of cyclic esters (lactones) is 2. The number of hydrogen-bond donors (Lipinski definition) is 0. The van der Waals surface area contributed by atoms with Gasteiger partial charge in [-0.1, -0.05) is 48.5 Å². The predicted molar refractivity (Wildman–Crippen MR) is 81.4 cm³/mol. The van der Waals surface area contributed by atoms with Gasteiger partial charge in [0.25, 0.3) is 0 Å². The monoisotopic (exact) mass is 306 g/mol. The number of hydrogen-bond acceptors (Lipinski definition) is 4. The molecule has 23 heavy (non-hydrogen) atoms. The Morgan fingerprint density at radius 2 is 1.61 bits per heavy atom. The van der Waals surface area contributed by atoms with Crippen LogP contribution in [0.3, 0.4) is 0 Å². The minimum atomic E-state index is -0.807. The molecule has 3 aliphatic rings. The number of methoxy groups -OCH3 is 1. The summed E-state index contributed by atoms with van der Waals surface area (Å²) in [6, 6.07) is 16.0. The Labute approximate surface area is 133 Å². The van der Waals surface area contributed by atoms with Gasteiger partial charge in [0, 0.05) is 13.0 Å². The molecule has 4 atom stereocenters. The van der Waals surface area contributed by atoms with Crippen molar-refractivity contribution in [1.29, 1.82) is 0 Å². The van der Waals surface area contributed by atoms with Gasteiger partial charge in [-0.05, 0) is 22.3 Å². The summed E-state index contributed by atoms with van der Waals surface area (Å²) in [5.74, 6) is -2.07. The minimum Gasteiger partial charge on any atom is -0.393 e. The van der Waals surface area contributed by atoms with E-state index in [1.807, 2.05) is 42.5 Å². The molecule has 0 N–H and O–H groups in total. The smallest absolute Gasteiger partial charge is 0.320 e.